The smallest absolute Gasteiger partial charge is 0.416 e. The molecule has 0 atom stereocenters. The van der Waals surface area contributed by atoms with Crippen molar-refractivity contribution in [3.63, 3.8) is 0 Å². The van der Waals surface area contributed by atoms with E-state index in [0.717, 1.165) is 18.3 Å². The van der Waals surface area contributed by atoms with Crippen molar-refractivity contribution in [2.75, 3.05) is 5.73 Å². The molecule has 0 aliphatic rings. The highest BCUT2D eigenvalue weighted by molar-refractivity contribution is 5.66. The molecule has 1 aromatic heterocycles. The van der Waals surface area contributed by atoms with Crippen molar-refractivity contribution < 1.29 is 17.9 Å². The Morgan fingerprint density at radius 1 is 1.17 bits per heavy atom. The molecule has 18 heavy (non-hydrogen) atoms. The molecule has 1 heterocycles. The topological polar surface area (TPSA) is 65.8 Å². The van der Waals surface area contributed by atoms with Gasteiger partial charge in [0.1, 0.15) is 0 Å². The molecule has 0 spiro atoms. The van der Waals surface area contributed by atoms with Gasteiger partial charge in [0, 0.05) is 0 Å². The lowest BCUT2D eigenvalue weighted by molar-refractivity contribution is -0.593. The maximum Gasteiger partial charge on any atom is 0.416 e. The second-order valence-electron chi connectivity index (χ2n) is 3.56. The molecule has 0 unspecified atom stereocenters. The Bertz CT molecular complexity index is 546. The van der Waals surface area contributed by atoms with Crippen molar-refractivity contribution in [2.45, 2.75) is 6.18 Å². The van der Waals surface area contributed by atoms with Crippen LogP contribution in [-0.2, 0) is 6.18 Å². The Morgan fingerprint density at radius 2 is 1.78 bits per heavy atom. The van der Waals surface area contributed by atoms with Crippen molar-refractivity contribution in [1.29, 1.82) is 0 Å². The van der Waals surface area contributed by atoms with E-state index >= 15 is 0 Å². The average Bonchev–Trinajstić information content (AvgIpc) is 2.28. The predicted octanol–water partition coefficient (Wildman–Crippen LogP) is 1.98. The van der Waals surface area contributed by atoms with Gasteiger partial charge in [0.15, 0.2) is 12.0 Å². The van der Waals surface area contributed by atoms with Gasteiger partial charge in [0.05, 0.1) is 17.3 Å². The molecule has 1 aromatic carbocycles. The first-order valence-corrected chi connectivity index (χ1v) is 4.91. The predicted molar refractivity (Wildman–Crippen MR) is 58.0 cm³/mol. The van der Waals surface area contributed by atoms with Crippen molar-refractivity contribution in [1.82, 2.24) is 4.98 Å². The van der Waals surface area contributed by atoms with Crippen LogP contribution in [0.4, 0.5) is 19.0 Å². The van der Waals surface area contributed by atoms with E-state index in [0.29, 0.717) is 4.73 Å². The van der Waals surface area contributed by atoms with Gasteiger partial charge >= 0.3 is 6.18 Å². The van der Waals surface area contributed by atoms with Gasteiger partial charge in [0.25, 0.3) is 5.69 Å². The number of anilines is 1. The van der Waals surface area contributed by atoms with Crippen LogP contribution in [0, 0.1) is 5.21 Å². The summed E-state index contributed by atoms with van der Waals surface area (Å²) in [4.78, 5) is 3.72. The minimum absolute atomic E-state index is 0.0335. The maximum absolute atomic E-state index is 12.4. The Kier molecular flexibility index (Phi) is 2.82. The Labute approximate surface area is 100 Å². The number of halogens is 3. The Morgan fingerprint density at radius 3 is 2.28 bits per heavy atom. The molecule has 0 aliphatic carbocycles. The molecule has 2 N–H and O–H groups in total. The SMILES string of the molecule is Nc1ncc[n+]([O-])c1-c1ccc(C(F)(F)F)cc1. The number of alkyl halides is 3. The third-order valence-corrected chi connectivity index (χ3v) is 2.36. The van der Waals surface area contributed by atoms with Gasteiger partial charge in [-0.3, -0.25) is 0 Å². The first-order chi connectivity index (χ1) is 8.39. The van der Waals surface area contributed by atoms with Crippen molar-refractivity contribution in [3.05, 3.63) is 47.4 Å². The molecule has 7 heteroatoms. The van der Waals surface area contributed by atoms with E-state index in [1.54, 1.807) is 0 Å². The van der Waals surface area contributed by atoms with Gasteiger partial charge in [0.2, 0.25) is 0 Å². The summed E-state index contributed by atoms with van der Waals surface area (Å²) in [5, 5.41) is 11.5. The van der Waals surface area contributed by atoms with E-state index in [4.69, 9.17) is 5.73 Å². The summed E-state index contributed by atoms with van der Waals surface area (Å²) in [6, 6.07) is 4.15. The van der Waals surface area contributed by atoms with E-state index in [1.807, 2.05) is 0 Å². The fourth-order valence-electron chi connectivity index (χ4n) is 1.51. The lowest BCUT2D eigenvalue weighted by atomic mass is 10.1. The zero-order valence-corrected chi connectivity index (χ0v) is 8.98. The normalized spacial score (nSPS) is 11.5. The Hall–Kier alpha value is -2.31. The highest BCUT2D eigenvalue weighted by atomic mass is 19.4. The number of nitrogen functional groups attached to an aromatic ring is 1. The number of nitrogens with two attached hydrogens (primary N) is 1. The lowest BCUT2D eigenvalue weighted by Gasteiger charge is -2.08. The molecule has 0 radical (unpaired) electrons. The number of benzene rings is 1. The van der Waals surface area contributed by atoms with Crippen molar-refractivity contribution >= 4 is 5.82 Å². The zero-order valence-electron chi connectivity index (χ0n) is 8.98. The molecule has 0 amide bonds. The highest BCUT2D eigenvalue weighted by Gasteiger charge is 2.30. The molecule has 94 valence electrons. The summed E-state index contributed by atoms with van der Waals surface area (Å²) < 4.78 is 37.6. The number of rotatable bonds is 1. The monoisotopic (exact) mass is 255 g/mol. The van der Waals surface area contributed by atoms with Crippen LogP contribution in [0.5, 0.6) is 0 Å². The molecule has 0 fully saturated rings. The van der Waals surface area contributed by atoms with E-state index in [9.17, 15) is 18.4 Å². The van der Waals surface area contributed by atoms with Crippen LogP contribution >= 0.6 is 0 Å². The largest absolute Gasteiger partial charge is 0.618 e. The minimum Gasteiger partial charge on any atom is -0.618 e. The van der Waals surface area contributed by atoms with Crippen molar-refractivity contribution in [2.24, 2.45) is 0 Å². The summed E-state index contributed by atoms with van der Waals surface area (Å²) >= 11 is 0. The lowest BCUT2D eigenvalue weighted by Crippen LogP contribution is -2.30. The first kappa shape index (κ1) is 12.2. The summed E-state index contributed by atoms with van der Waals surface area (Å²) in [6.45, 7) is 0. The zero-order chi connectivity index (χ0) is 13.3. The minimum atomic E-state index is -4.41. The molecule has 0 saturated carbocycles. The fourth-order valence-corrected chi connectivity index (χ4v) is 1.51. The highest BCUT2D eigenvalue weighted by Crippen LogP contribution is 2.30. The molecule has 0 aliphatic heterocycles. The van der Waals surface area contributed by atoms with Gasteiger partial charge in [-0.25, -0.2) is 4.98 Å². The summed E-state index contributed by atoms with van der Waals surface area (Å²) in [7, 11) is 0. The third-order valence-electron chi connectivity index (χ3n) is 2.36. The number of hydrogen-bond donors (Lipinski definition) is 1. The molecule has 2 rings (SSSR count). The Balaban J connectivity index is 2.47. The fraction of sp³-hybridized carbons (Fsp3) is 0.0909. The quantitative estimate of drug-likeness (QED) is 0.626. The molecule has 4 nitrogen and oxygen atoms in total. The molecule has 0 saturated heterocycles. The van der Waals surface area contributed by atoms with Crippen LogP contribution < -0.4 is 10.5 Å². The summed E-state index contributed by atoms with van der Waals surface area (Å²) in [6.07, 6.45) is -2.06. The number of hydrogen-bond acceptors (Lipinski definition) is 3. The van der Waals surface area contributed by atoms with Gasteiger partial charge in [-0.15, -0.1) is 0 Å². The van der Waals surface area contributed by atoms with Crippen LogP contribution in [0.3, 0.4) is 0 Å². The first-order valence-electron chi connectivity index (χ1n) is 4.91. The van der Waals surface area contributed by atoms with Crippen molar-refractivity contribution in [3.8, 4) is 11.3 Å². The standard InChI is InChI=1S/C11H8F3N3O/c12-11(13,14)8-3-1-7(2-4-8)9-10(15)16-5-6-17(9)18/h1-6H,(H2,15,16). The van der Waals surface area contributed by atoms with Gasteiger partial charge < -0.3 is 10.9 Å². The van der Waals surface area contributed by atoms with E-state index in [1.165, 1.54) is 18.3 Å². The molecule has 2 aromatic rings. The molecular weight excluding hydrogens is 247 g/mol. The van der Waals surface area contributed by atoms with E-state index in [-0.39, 0.29) is 17.1 Å². The summed E-state index contributed by atoms with van der Waals surface area (Å²) in [5.74, 6) is -0.0349. The second kappa shape index (κ2) is 4.17. The third kappa shape index (κ3) is 2.20. The van der Waals surface area contributed by atoms with Crippen LogP contribution in [0.25, 0.3) is 11.3 Å². The van der Waals surface area contributed by atoms with E-state index < -0.39 is 11.7 Å². The summed E-state index contributed by atoms with van der Waals surface area (Å²) in [5.41, 5.74) is 5.05. The van der Waals surface area contributed by atoms with Gasteiger partial charge in [-0.1, -0.05) is 0 Å². The molecule has 0 bridgehead atoms. The average molecular weight is 255 g/mol. The number of aromatic nitrogens is 2. The van der Waals surface area contributed by atoms with Crippen LogP contribution in [-0.4, -0.2) is 4.98 Å². The molecular formula is C11H8F3N3O. The van der Waals surface area contributed by atoms with Crippen LogP contribution in [0.2, 0.25) is 0 Å². The number of nitrogens with zero attached hydrogens (tertiary/aromatic N) is 2. The van der Waals surface area contributed by atoms with Gasteiger partial charge in [-0.2, -0.15) is 17.9 Å². The second-order valence-corrected chi connectivity index (χ2v) is 3.56. The van der Waals surface area contributed by atoms with E-state index in [2.05, 4.69) is 4.98 Å². The van der Waals surface area contributed by atoms with Gasteiger partial charge in [-0.05, 0) is 24.3 Å². The maximum atomic E-state index is 12.4. The van der Waals surface area contributed by atoms with Crippen LogP contribution in [0.1, 0.15) is 5.56 Å². The van der Waals surface area contributed by atoms with Crippen LogP contribution in [0.15, 0.2) is 36.7 Å².